The first-order valence-electron chi connectivity index (χ1n) is 7.79. The Morgan fingerprint density at radius 1 is 1.12 bits per heavy atom. The number of rotatable bonds is 6. The van der Waals surface area contributed by atoms with Gasteiger partial charge in [0, 0.05) is 5.56 Å². The van der Waals surface area contributed by atoms with Crippen molar-refractivity contribution >= 4 is 11.8 Å². The predicted octanol–water partition coefficient (Wildman–Crippen LogP) is 1.12. The van der Waals surface area contributed by atoms with Crippen LogP contribution in [0.5, 0.6) is 17.2 Å². The molecule has 0 spiro atoms. The van der Waals surface area contributed by atoms with Crippen LogP contribution in [-0.2, 0) is 4.79 Å². The summed E-state index contributed by atoms with van der Waals surface area (Å²) in [6.45, 7) is 0.546. The molecule has 1 aliphatic heterocycles. The van der Waals surface area contributed by atoms with Crippen LogP contribution in [0.25, 0.3) is 0 Å². The van der Waals surface area contributed by atoms with Gasteiger partial charge in [-0.2, -0.15) is 0 Å². The highest BCUT2D eigenvalue weighted by atomic mass is 16.6. The second-order valence-electron chi connectivity index (χ2n) is 5.48. The minimum Gasteiger partial charge on any atom is -0.486 e. The van der Waals surface area contributed by atoms with Crippen LogP contribution in [0.15, 0.2) is 48.5 Å². The van der Waals surface area contributed by atoms with Crippen LogP contribution in [0.4, 0.5) is 0 Å². The number of carbonyl (C=O) groups excluding carboxylic acids is 2. The molecular weight excluding hydrogens is 324 g/mol. The Hall–Kier alpha value is -3.22. The summed E-state index contributed by atoms with van der Waals surface area (Å²) < 4.78 is 16.7. The molecule has 7 heteroatoms. The monoisotopic (exact) mass is 342 g/mol. The lowest BCUT2D eigenvalue weighted by Gasteiger charge is -2.26. The molecule has 0 saturated carbocycles. The van der Waals surface area contributed by atoms with E-state index in [9.17, 15) is 9.59 Å². The molecule has 3 rings (SSSR count). The lowest BCUT2D eigenvalue weighted by molar-refractivity contribution is -0.123. The van der Waals surface area contributed by atoms with Gasteiger partial charge in [-0.1, -0.05) is 12.1 Å². The van der Waals surface area contributed by atoms with E-state index in [1.807, 2.05) is 24.3 Å². The maximum atomic E-state index is 11.9. The summed E-state index contributed by atoms with van der Waals surface area (Å²) in [6, 6.07) is 13.6. The Kier molecular flexibility index (Phi) is 5.03. The predicted molar refractivity (Wildman–Crippen MR) is 89.8 cm³/mol. The van der Waals surface area contributed by atoms with Crippen LogP contribution in [-0.4, -0.2) is 37.7 Å². The molecule has 7 nitrogen and oxygen atoms in total. The van der Waals surface area contributed by atoms with Crippen LogP contribution >= 0.6 is 0 Å². The second-order valence-corrected chi connectivity index (χ2v) is 5.48. The fourth-order valence-corrected chi connectivity index (χ4v) is 2.31. The topological polar surface area (TPSA) is 99.9 Å². The average molecular weight is 342 g/mol. The Labute approximate surface area is 144 Å². The van der Waals surface area contributed by atoms with E-state index in [4.69, 9.17) is 19.9 Å². The van der Waals surface area contributed by atoms with E-state index in [1.54, 1.807) is 24.3 Å². The first-order valence-corrected chi connectivity index (χ1v) is 7.79. The summed E-state index contributed by atoms with van der Waals surface area (Å²) in [5.74, 6) is 1.06. The van der Waals surface area contributed by atoms with Gasteiger partial charge in [-0.3, -0.25) is 9.59 Å². The van der Waals surface area contributed by atoms with Gasteiger partial charge in [0.2, 0.25) is 5.91 Å². The van der Waals surface area contributed by atoms with Crippen molar-refractivity contribution in [3.63, 3.8) is 0 Å². The van der Waals surface area contributed by atoms with Gasteiger partial charge < -0.3 is 25.3 Å². The van der Waals surface area contributed by atoms with Crippen molar-refractivity contribution in [3.8, 4) is 17.2 Å². The molecular formula is C18H18N2O5. The fraction of sp³-hybridized carbons (Fsp3) is 0.222. The number of ether oxygens (including phenoxy) is 3. The molecule has 1 aliphatic rings. The third-order valence-corrected chi connectivity index (χ3v) is 3.60. The smallest absolute Gasteiger partial charge is 0.258 e. The summed E-state index contributed by atoms with van der Waals surface area (Å²) in [6.07, 6.45) is -0.256. The highest BCUT2D eigenvalue weighted by molar-refractivity contribution is 5.92. The van der Waals surface area contributed by atoms with Gasteiger partial charge in [-0.15, -0.1) is 0 Å². The van der Waals surface area contributed by atoms with Crippen molar-refractivity contribution in [1.29, 1.82) is 0 Å². The fourth-order valence-electron chi connectivity index (χ4n) is 2.31. The van der Waals surface area contributed by atoms with Crippen molar-refractivity contribution in [2.24, 2.45) is 5.73 Å². The molecule has 3 N–H and O–H groups in total. The van der Waals surface area contributed by atoms with E-state index in [-0.39, 0.29) is 18.6 Å². The molecule has 0 aliphatic carbocycles. The largest absolute Gasteiger partial charge is 0.486 e. The number of fused-ring (bicyclic) bond motifs is 1. The van der Waals surface area contributed by atoms with Gasteiger partial charge in [-0.05, 0) is 36.4 Å². The molecule has 130 valence electrons. The zero-order valence-electron chi connectivity index (χ0n) is 13.4. The van der Waals surface area contributed by atoms with Crippen LogP contribution in [0.2, 0.25) is 0 Å². The molecule has 0 bridgehead atoms. The Morgan fingerprint density at radius 2 is 1.84 bits per heavy atom. The van der Waals surface area contributed by atoms with Crippen molar-refractivity contribution in [2.75, 3.05) is 19.8 Å². The van der Waals surface area contributed by atoms with Crippen LogP contribution < -0.4 is 25.3 Å². The molecule has 2 aromatic rings. The van der Waals surface area contributed by atoms with Crippen molar-refractivity contribution in [1.82, 2.24) is 5.32 Å². The van der Waals surface area contributed by atoms with E-state index < -0.39 is 5.91 Å². The van der Waals surface area contributed by atoms with Gasteiger partial charge in [0.05, 0.1) is 6.54 Å². The normalized spacial score (nSPS) is 15.3. The SMILES string of the molecule is NC(=O)c1ccc(OCC(=O)NC[C@H]2COc3ccccc3O2)cc1. The number of nitrogens with one attached hydrogen (secondary N) is 1. The number of primary amides is 1. The standard InChI is InChI=1S/C18H18N2O5/c19-18(22)12-5-7-13(8-6-12)23-11-17(21)20-9-14-10-24-15-3-1-2-4-16(15)25-14/h1-8,14H,9-11H2,(H2,19,22)(H,20,21)/t14-/m0/s1. The zero-order chi connectivity index (χ0) is 17.6. The number of nitrogens with two attached hydrogens (primary N) is 1. The molecule has 0 fully saturated rings. The molecule has 25 heavy (non-hydrogen) atoms. The Bertz CT molecular complexity index is 760. The van der Waals surface area contributed by atoms with Crippen LogP contribution in [0, 0.1) is 0 Å². The maximum absolute atomic E-state index is 11.9. The van der Waals surface area contributed by atoms with Gasteiger partial charge in [0.1, 0.15) is 18.5 Å². The second kappa shape index (κ2) is 7.57. The molecule has 0 radical (unpaired) electrons. The van der Waals surface area contributed by atoms with Crippen molar-refractivity contribution in [2.45, 2.75) is 6.10 Å². The van der Waals surface area contributed by atoms with E-state index in [2.05, 4.69) is 5.32 Å². The third-order valence-electron chi connectivity index (χ3n) is 3.60. The molecule has 2 amide bonds. The average Bonchev–Trinajstić information content (AvgIpc) is 2.65. The zero-order valence-corrected chi connectivity index (χ0v) is 13.4. The summed E-state index contributed by atoms with van der Waals surface area (Å²) >= 11 is 0. The number of hydrogen-bond acceptors (Lipinski definition) is 5. The highest BCUT2D eigenvalue weighted by Crippen LogP contribution is 2.30. The van der Waals surface area contributed by atoms with Gasteiger partial charge in [0.15, 0.2) is 18.1 Å². The molecule has 1 heterocycles. The molecule has 1 atom stereocenters. The Morgan fingerprint density at radius 3 is 2.56 bits per heavy atom. The maximum Gasteiger partial charge on any atom is 0.258 e. The number of para-hydroxylation sites is 2. The summed E-state index contributed by atoms with van der Waals surface area (Å²) in [7, 11) is 0. The summed E-state index contributed by atoms with van der Waals surface area (Å²) in [5.41, 5.74) is 5.54. The first-order chi connectivity index (χ1) is 12.1. The molecule has 0 unspecified atom stereocenters. The van der Waals surface area contributed by atoms with Crippen molar-refractivity contribution in [3.05, 3.63) is 54.1 Å². The van der Waals surface area contributed by atoms with E-state index in [1.165, 1.54) is 0 Å². The van der Waals surface area contributed by atoms with E-state index in [0.717, 1.165) is 0 Å². The quantitative estimate of drug-likeness (QED) is 0.819. The minimum atomic E-state index is -0.513. The summed E-state index contributed by atoms with van der Waals surface area (Å²) in [4.78, 5) is 22.9. The van der Waals surface area contributed by atoms with Gasteiger partial charge >= 0.3 is 0 Å². The minimum absolute atomic E-state index is 0.139. The Balaban J connectivity index is 1.42. The van der Waals surface area contributed by atoms with E-state index in [0.29, 0.717) is 36.0 Å². The first kappa shape index (κ1) is 16.6. The lowest BCUT2D eigenvalue weighted by Crippen LogP contribution is -2.42. The number of hydrogen-bond donors (Lipinski definition) is 2. The number of amides is 2. The number of carbonyl (C=O) groups is 2. The third kappa shape index (κ3) is 4.41. The van der Waals surface area contributed by atoms with E-state index >= 15 is 0 Å². The van der Waals surface area contributed by atoms with Crippen LogP contribution in [0.3, 0.4) is 0 Å². The number of benzene rings is 2. The van der Waals surface area contributed by atoms with Crippen LogP contribution in [0.1, 0.15) is 10.4 Å². The summed E-state index contributed by atoms with van der Waals surface area (Å²) in [5, 5.41) is 2.74. The van der Waals surface area contributed by atoms with Crippen molar-refractivity contribution < 1.29 is 23.8 Å². The lowest BCUT2D eigenvalue weighted by atomic mass is 10.2. The molecule has 0 aromatic heterocycles. The molecule has 0 saturated heterocycles. The van der Waals surface area contributed by atoms with Gasteiger partial charge in [-0.25, -0.2) is 0 Å². The highest BCUT2D eigenvalue weighted by Gasteiger charge is 2.21. The molecule has 2 aromatic carbocycles. The van der Waals surface area contributed by atoms with Gasteiger partial charge in [0.25, 0.3) is 5.91 Å².